The van der Waals surface area contributed by atoms with Crippen molar-refractivity contribution in [2.45, 2.75) is 19.4 Å². The molecule has 17 heavy (non-hydrogen) atoms. The first-order chi connectivity index (χ1) is 8.20. The van der Waals surface area contributed by atoms with Crippen molar-refractivity contribution in [3.63, 3.8) is 0 Å². The van der Waals surface area contributed by atoms with Crippen LogP contribution < -0.4 is 11.3 Å². The van der Waals surface area contributed by atoms with Gasteiger partial charge in [-0.1, -0.05) is 24.3 Å². The molecule has 6 heteroatoms. The first-order valence-electron chi connectivity index (χ1n) is 5.45. The zero-order valence-corrected chi connectivity index (χ0v) is 9.96. The number of aromatic nitrogens is 4. The molecule has 0 aliphatic rings. The molecule has 1 atom stereocenters. The summed E-state index contributed by atoms with van der Waals surface area (Å²) in [4.78, 5) is 1.45. The molecule has 0 amide bonds. The van der Waals surface area contributed by atoms with Gasteiger partial charge in [-0.3, -0.25) is 11.3 Å². The number of tetrazole rings is 1. The van der Waals surface area contributed by atoms with Crippen LogP contribution in [0, 0.1) is 6.92 Å². The zero-order chi connectivity index (χ0) is 12.3. The lowest BCUT2D eigenvalue weighted by molar-refractivity contribution is 0.534. The minimum Gasteiger partial charge on any atom is -0.271 e. The molecular formula is C11H16N6. The predicted molar refractivity (Wildman–Crippen MR) is 63.7 cm³/mol. The zero-order valence-electron chi connectivity index (χ0n) is 9.96. The second kappa shape index (κ2) is 5.03. The van der Waals surface area contributed by atoms with E-state index in [1.807, 2.05) is 12.1 Å². The van der Waals surface area contributed by atoms with Crippen molar-refractivity contribution in [1.82, 2.24) is 25.6 Å². The second-order valence-corrected chi connectivity index (χ2v) is 3.98. The fourth-order valence-corrected chi connectivity index (χ4v) is 1.82. The lowest BCUT2D eigenvalue weighted by atomic mass is 9.99. The van der Waals surface area contributed by atoms with Crippen molar-refractivity contribution in [2.24, 2.45) is 12.9 Å². The molecule has 3 N–H and O–H groups in total. The van der Waals surface area contributed by atoms with Gasteiger partial charge in [0.15, 0.2) is 5.82 Å². The van der Waals surface area contributed by atoms with E-state index in [0.717, 1.165) is 5.56 Å². The summed E-state index contributed by atoms with van der Waals surface area (Å²) in [5, 5.41) is 11.9. The molecule has 6 nitrogen and oxygen atoms in total. The van der Waals surface area contributed by atoms with Gasteiger partial charge in [-0.25, -0.2) is 0 Å². The second-order valence-electron chi connectivity index (χ2n) is 3.98. The predicted octanol–water partition coefficient (Wildman–Crippen LogP) is 0.266. The highest BCUT2D eigenvalue weighted by atomic mass is 15.6. The standard InChI is InChI=1S/C11H16N6/c1-8-5-3-4-6-9(8)10(13-12)7-11-14-16-17(2)15-11/h3-6,10,13H,7,12H2,1-2H3. The normalized spacial score (nSPS) is 12.6. The number of nitrogens with two attached hydrogens (primary N) is 1. The molecular weight excluding hydrogens is 216 g/mol. The van der Waals surface area contributed by atoms with Crippen molar-refractivity contribution < 1.29 is 0 Å². The Labute approximate surface area is 99.8 Å². The molecule has 0 aliphatic heterocycles. The van der Waals surface area contributed by atoms with E-state index in [1.54, 1.807) is 7.05 Å². The summed E-state index contributed by atoms with van der Waals surface area (Å²) in [5.41, 5.74) is 5.15. The molecule has 1 aromatic carbocycles. The number of benzene rings is 1. The Balaban J connectivity index is 2.20. The third-order valence-corrected chi connectivity index (χ3v) is 2.70. The lowest BCUT2D eigenvalue weighted by Crippen LogP contribution is -2.30. The van der Waals surface area contributed by atoms with Crippen molar-refractivity contribution in [1.29, 1.82) is 0 Å². The molecule has 0 bridgehead atoms. The number of nitrogens with one attached hydrogen (secondary N) is 1. The van der Waals surface area contributed by atoms with E-state index in [9.17, 15) is 0 Å². The maximum absolute atomic E-state index is 5.60. The molecule has 0 radical (unpaired) electrons. The SMILES string of the molecule is Cc1ccccc1C(Cc1nnn(C)n1)NN. The Morgan fingerprint density at radius 3 is 2.76 bits per heavy atom. The highest BCUT2D eigenvalue weighted by molar-refractivity contribution is 5.29. The maximum Gasteiger partial charge on any atom is 0.176 e. The first-order valence-corrected chi connectivity index (χ1v) is 5.45. The van der Waals surface area contributed by atoms with E-state index >= 15 is 0 Å². The van der Waals surface area contributed by atoms with Crippen LogP contribution in [-0.2, 0) is 13.5 Å². The first kappa shape index (κ1) is 11.7. The molecule has 0 aliphatic carbocycles. The topological polar surface area (TPSA) is 81.7 Å². The summed E-state index contributed by atoms with van der Waals surface area (Å²) in [6, 6.07) is 8.12. The third kappa shape index (κ3) is 2.66. The molecule has 90 valence electrons. The van der Waals surface area contributed by atoms with Crippen molar-refractivity contribution in [3.05, 3.63) is 41.2 Å². The summed E-state index contributed by atoms with van der Waals surface area (Å²) < 4.78 is 0. The van der Waals surface area contributed by atoms with Gasteiger partial charge >= 0.3 is 0 Å². The van der Waals surface area contributed by atoms with E-state index in [2.05, 4.69) is 39.9 Å². The van der Waals surface area contributed by atoms with Crippen LogP contribution in [0.1, 0.15) is 23.0 Å². The average Bonchev–Trinajstić information content (AvgIpc) is 2.73. The quantitative estimate of drug-likeness (QED) is 0.584. The summed E-state index contributed by atoms with van der Waals surface area (Å²) in [5.74, 6) is 6.27. The van der Waals surface area contributed by atoms with E-state index in [4.69, 9.17) is 5.84 Å². The molecule has 1 unspecified atom stereocenters. The van der Waals surface area contributed by atoms with Crippen LogP contribution in [-0.4, -0.2) is 20.2 Å². The van der Waals surface area contributed by atoms with Crippen LogP contribution in [0.4, 0.5) is 0 Å². The molecule has 2 rings (SSSR count). The van der Waals surface area contributed by atoms with Gasteiger partial charge in [0.05, 0.1) is 13.1 Å². The molecule has 1 aromatic heterocycles. The van der Waals surface area contributed by atoms with Crippen LogP contribution in [0.2, 0.25) is 0 Å². The van der Waals surface area contributed by atoms with Gasteiger partial charge in [0, 0.05) is 6.42 Å². The van der Waals surface area contributed by atoms with Gasteiger partial charge < -0.3 is 0 Å². The van der Waals surface area contributed by atoms with Gasteiger partial charge in [-0.2, -0.15) is 4.80 Å². The van der Waals surface area contributed by atoms with E-state index in [0.29, 0.717) is 12.2 Å². The fraction of sp³-hybridized carbons (Fsp3) is 0.364. The monoisotopic (exact) mass is 232 g/mol. The molecule has 2 aromatic rings. The number of aryl methyl sites for hydroxylation is 2. The molecule has 0 spiro atoms. The van der Waals surface area contributed by atoms with E-state index < -0.39 is 0 Å². The number of hydrazine groups is 1. The molecule has 0 saturated carbocycles. The Morgan fingerprint density at radius 1 is 1.41 bits per heavy atom. The minimum absolute atomic E-state index is 0.000370. The summed E-state index contributed by atoms with van der Waals surface area (Å²) >= 11 is 0. The van der Waals surface area contributed by atoms with Crippen LogP contribution in [0.3, 0.4) is 0 Å². The third-order valence-electron chi connectivity index (χ3n) is 2.70. The summed E-state index contributed by atoms with van der Waals surface area (Å²) in [6.07, 6.45) is 0.620. The van der Waals surface area contributed by atoms with Gasteiger partial charge in [-0.05, 0) is 23.3 Å². The van der Waals surface area contributed by atoms with E-state index in [-0.39, 0.29) is 6.04 Å². The van der Waals surface area contributed by atoms with Gasteiger partial charge in [0.2, 0.25) is 0 Å². The van der Waals surface area contributed by atoms with Gasteiger partial charge in [0.25, 0.3) is 0 Å². The summed E-state index contributed by atoms with van der Waals surface area (Å²) in [7, 11) is 1.75. The Hall–Kier alpha value is -1.79. The van der Waals surface area contributed by atoms with Crippen molar-refractivity contribution in [2.75, 3.05) is 0 Å². The highest BCUT2D eigenvalue weighted by Crippen LogP contribution is 2.19. The van der Waals surface area contributed by atoms with Gasteiger partial charge in [0.1, 0.15) is 0 Å². The van der Waals surface area contributed by atoms with Crippen LogP contribution in [0.25, 0.3) is 0 Å². The molecule has 0 fully saturated rings. The number of hydrogen-bond acceptors (Lipinski definition) is 5. The Kier molecular flexibility index (Phi) is 3.46. The van der Waals surface area contributed by atoms with Crippen LogP contribution in [0.5, 0.6) is 0 Å². The lowest BCUT2D eigenvalue weighted by Gasteiger charge is -2.16. The van der Waals surface area contributed by atoms with E-state index in [1.165, 1.54) is 10.4 Å². The average molecular weight is 232 g/mol. The number of nitrogens with zero attached hydrogens (tertiary/aromatic N) is 4. The van der Waals surface area contributed by atoms with Crippen LogP contribution in [0.15, 0.2) is 24.3 Å². The molecule has 0 saturated heterocycles. The van der Waals surface area contributed by atoms with Crippen LogP contribution >= 0.6 is 0 Å². The smallest absolute Gasteiger partial charge is 0.176 e. The fourth-order valence-electron chi connectivity index (χ4n) is 1.82. The maximum atomic E-state index is 5.60. The summed E-state index contributed by atoms with van der Waals surface area (Å²) in [6.45, 7) is 2.06. The largest absolute Gasteiger partial charge is 0.271 e. The molecule has 1 heterocycles. The minimum atomic E-state index is 0.000370. The Morgan fingerprint density at radius 2 is 2.18 bits per heavy atom. The van der Waals surface area contributed by atoms with Crippen molar-refractivity contribution in [3.8, 4) is 0 Å². The highest BCUT2D eigenvalue weighted by Gasteiger charge is 2.15. The number of hydrogen-bond donors (Lipinski definition) is 2. The van der Waals surface area contributed by atoms with Crippen molar-refractivity contribution >= 4 is 0 Å². The number of rotatable bonds is 4. The van der Waals surface area contributed by atoms with Gasteiger partial charge in [-0.15, -0.1) is 10.2 Å². The Bertz CT molecular complexity index is 492.